The van der Waals surface area contributed by atoms with Gasteiger partial charge in [0.2, 0.25) is 10.0 Å². The largest absolute Gasteiger partial charge is 0.468 e. The van der Waals surface area contributed by atoms with Crippen molar-refractivity contribution in [2.24, 2.45) is 0 Å². The van der Waals surface area contributed by atoms with Gasteiger partial charge in [0, 0.05) is 12.7 Å². The molecule has 0 amide bonds. The second kappa shape index (κ2) is 5.68. The molecule has 1 aromatic carbocycles. The third kappa shape index (κ3) is 2.86. The second-order valence-electron chi connectivity index (χ2n) is 4.56. The van der Waals surface area contributed by atoms with Crippen LogP contribution < -0.4 is 5.73 Å². The summed E-state index contributed by atoms with van der Waals surface area (Å²) in [7, 11) is -2.06. The van der Waals surface area contributed by atoms with Crippen molar-refractivity contribution in [1.82, 2.24) is 4.31 Å². The van der Waals surface area contributed by atoms with Crippen molar-refractivity contribution < 1.29 is 12.8 Å². The normalized spacial score (nSPS) is 11.9. The average Bonchev–Trinajstić information content (AvgIpc) is 2.91. The van der Waals surface area contributed by atoms with Gasteiger partial charge in [0.1, 0.15) is 5.76 Å². The zero-order valence-corrected chi connectivity index (χ0v) is 12.4. The highest BCUT2D eigenvalue weighted by atomic mass is 32.2. The Labute approximate surface area is 119 Å². The minimum Gasteiger partial charge on any atom is -0.468 e. The molecule has 2 aromatic rings. The summed E-state index contributed by atoms with van der Waals surface area (Å²) < 4.78 is 31.7. The number of sulfonamides is 1. The van der Waals surface area contributed by atoms with E-state index >= 15 is 0 Å². The van der Waals surface area contributed by atoms with Crippen LogP contribution in [0.5, 0.6) is 0 Å². The molecule has 0 atom stereocenters. The quantitative estimate of drug-likeness (QED) is 0.858. The van der Waals surface area contributed by atoms with Gasteiger partial charge in [-0.05, 0) is 36.2 Å². The Bertz CT molecular complexity index is 678. The summed E-state index contributed by atoms with van der Waals surface area (Å²) in [4.78, 5) is 0.258. The van der Waals surface area contributed by atoms with Crippen molar-refractivity contribution in [3.8, 4) is 0 Å². The lowest BCUT2D eigenvalue weighted by Gasteiger charge is -2.18. The van der Waals surface area contributed by atoms with Gasteiger partial charge in [0.25, 0.3) is 0 Å². The Morgan fingerprint density at radius 3 is 2.65 bits per heavy atom. The molecule has 0 bridgehead atoms. The van der Waals surface area contributed by atoms with E-state index in [-0.39, 0.29) is 11.4 Å². The van der Waals surface area contributed by atoms with Gasteiger partial charge in [-0.25, -0.2) is 8.42 Å². The van der Waals surface area contributed by atoms with Crippen LogP contribution in [0, 0.1) is 0 Å². The lowest BCUT2D eigenvalue weighted by Crippen LogP contribution is -2.27. The number of furan rings is 1. The molecule has 0 unspecified atom stereocenters. The summed E-state index contributed by atoms with van der Waals surface area (Å²) in [6.07, 6.45) is 2.15. The van der Waals surface area contributed by atoms with Gasteiger partial charge in [-0.2, -0.15) is 4.31 Å². The SMILES string of the molecule is CCc1ccc(N)cc1S(=O)(=O)N(C)Cc1ccco1. The van der Waals surface area contributed by atoms with Crippen LogP contribution in [-0.2, 0) is 23.0 Å². The minimum atomic E-state index is -3.59. The van der Waals surface area contributed by atoms with Crippen LogP contribution in [0.1, 0.15) is 18.2 Å². The Morgan fingerprint density at radius 2 is 2.05 bits per heavy atom. The number of aryl methyl sites for hydroxylation is 1. The van der Waals surface area contributed by atoms with E-state index in [0.717, 1.165) is 5.56 Å². The Kier molecular flexibility index (Phi) is 4.15. The number of nitrogen functional groups attached to an aromatic ring is 1. The summed E-state index contributed by atoms with van der Waals surface area (Å²) in [5, 5.41) is 0. The maximum atomic E-state index is 12.6. The lowest BCUT2D eigenvalue weighted by molar-refractivity contribution is 0.406. The van der Waals surface area contributed by atoms with Crippen molar-refractivity contribution >= 4 is 15.7 Å². The number of hydrogen-bond donors (Lipinski definition) is 1. The maximum Gasteiger partial charge on any atom is 0.243 e. The molecule has 6 heteroatoms. The van der Waals surface area contributed by atoms with E-state index in [9.17, 15) is 8.42 Å². The molecule has 0 fully saturated rings. The minimum absolute atomic E-state index is 0.188. The molecular weight excluding hydrogens is 276 g/mol. The molecule has 1 aromatic heterocycles. The van der Waals surface area contributed by atoms with E-state index in [1.807, 2.05) is 6.92 Å². The Hall–Kier alpha value is -1.79. The molecule has 108 valence electrons. The third-order valence-corrected chi connectivity index (χ3v) is 5.00. The molecule has 0 aliphatic heterocycles. The fraction of sp³-hybridized carbons (Fsp3) is 0.286. The molecule has 2 N–H and O–H groups in total. The van der Waals surface area contributed by atoms with Gasteiger partial charge < -0.3 is 10.2 Å². The molecule has 2 rings (SSSR count). The molecule has 20 heavy (non-hydrogen) atoms. The summed E-state index contributed by atoms with van der Waals surface area (Å²) in [5.74, 6) is 0.595. The van der Waals surface area contributed by atoms with E-state index in [4.69, 9.17) is 10.2 Å². The van der Waals surface area contributed by atoms with Crippen LogP contribution in [0.2, 0.25) is 0 Å². The molecule has 0 saturated heterocycles. The van der Waals surface area contributed by atoms with Crippen LogP contribution in [-0.4, -0.2) is 19.8 Å². The number of benzene rings is 1. The summed E-state index contributed by atoms with van der Waals surface area (Å²) in [6.45, 7) is 2.10. The van der Waals surface area contributed by atoms with Gasteiger partial charge in [0.15, 0.2) is 0 Å². The topological polar surface area (TPSA) is 76.5 Å². The average molecular weight is 294 g/mol. The van der Waals surface area contributed by atoms with Crippen molar-refractivity contribution in [3.63, 3.8) is 0 Å². The van der Waals surface area contributed by atoms with Crippen LogP contribution in [0.4, 0.5) is 5.69 Å². The molecule has 1 heterocycles. The molecule has 0 aliphatic carbocycles. The van der Waals surface area contributed by atoms with E-state index in [0.29, 0.717) is 17.9 Å². The molecular formula is C14H18N2O3S. The van der Waals surface area contributed by atoms with Crippen LogP contribution in [0.3, 0.4) is 0 Å². The Morgan fingerprint density at radius 1 is 1.30 bits per heavy atom. The van der Waals surface area contributed by atoms with E-state index in [1.165, 1.54) is 23.7 Å². The number of anilines is 1. The first-order valence-corrected chi connectivity index (χ1v) is 7.76. The van der Waals surface area contributed by atoms with Gasteiger partial charge in [-0.15, -0.1) is 0 Å². The van der Waals surface area contributed by atoms with Crippen molar-refractivity contribution in [2.75, 3.05) is 12.8 Å². The predicted molar refractivity (Wildman–Crippen MR) is 77.6 cm³/mol. The first kappa shape index (κ1) is 14.6. The highest BCUT2D eigenvalue weighted by Gasteiger charge is 2.24. The van der Waals surface area contributed by atoms with Gasteiger partial charge >= 0.3 is 0 Å². The van der Waals surface area contributed by atoms with E-state index < -0.39 is 10.0 Å². The van der Waals surface area contributed by atoms with Crippen molar-refractivity contribution in [3.05, 3.63) is 47.9 Å². The predicted octanol–water partition coefficient (Wildman–Crippen LogP) is 2.24. The summed E-state index contributed by atoms with van der Waals surface area (Å²) in [5.41, 5.74) is 6.91. The van der Waals surface area contributed by atoms with Crippen LogP contribution >= 0.6 is 0 Å². The standard InChI is InChI=1S/C14H18N2O3S/c1-3-11-6-7-12(15)9-14(11)20(17,18)16(2)10-13-5-4-8-19-13/h4-9H,3,10,15H2,1-2H3. The second-order valence-corrected chi connectivity index (χ2v) is 6.57. The van der Waals surface area contributed by atoms with Gasteiger partial charge in [0.05, 0.1) is 17.7 Å². The van der Waals surface area contributed by atoms with E-state index in [1.54, 1.807) is 24.3 Å². The van der Waals surface area contributed by atoms with Gasteiger partial charge in [-0.1, -0.05) is 13.0 Å². The van der Waals surface area contributed by atoms with Crippen LogP contribution in [0.25, 0.3) is 0 Å². The fourth-order valence-corrected chi connectivity index (χ4v) is 3.44. The zero-order chi connectivity index (χ0) is 14.8. The van der Waals surface area contributed by atoms with Gasteiger partial charge in [-0.3, -0.25) is 0 Å². The molecule has 0 radical (unpaired) electrons. The highest BCUT2D eigenvalue weighted by molar-refractivity contribution is 7.89. The smallest absolute Gasteiger partial charge is 0.243 e. The molecule has 0 spiro atoms. The van der Waals surface area contributed by atoms with Crippen molar-refractivity contribution in [1.29, 1.82) is 0 Å². The van der Waals surface area contributed by atoms with E-state index in [2.05, 4.69) is 0 Å². The summed E-state index contributed by atoms with van der Waals surface area (Å²) >= 11 is 0. The highest BCUT2D eigenvalue weighted by Crippen LogP contribution is 2.23. The lowest BCUT2D eigenvalue weighted by atomic mass is 10.1. The number of nitrogens with two attached hydrogens (primary N) is 1. The maximum absolute atomic E-state index is 12.6. The number of rotatable bonds is 5. The molecule has 5 nitrogen and oxygen atoms in total. The monoisotopic (exact) mass is 294 g/mol. The first-order valence-electron chi connectivity index (χ1n) is 6.32. The summed E-state index contributed by atoms with van der Waals surface area (Å²) in [6, 6.07) is 8.44. The number of hydrogen-bond acceptors (Lipinski definition) is 4. The van der Waals surface area contributed by atoms with Crippen LogP contribution in [0.15, 0.2) is 45.9 Å². The Balaban J connectivity index is 2.36. The van der Waals surface area contributed by atoms with Crippen molar-refractivity contribution in [2.45, 2.75) is 24.8 Å². The first-order chi connectivity index (χ1) is 9.45. The number of nitrogens with zero attached hydrogens (tertiary/aromatic N) is 1. The fourth-order valence-electron chi connectivity index (χ4n) is 1.98. The molecule has 0 aliphatic rings. The molecule has 0 saturated carbocycles. The third-order valence-electron chi connectivity index (χ3n) is 3.12. The zero-order valence-electron chi connectivity index (χ0n) is 11.5.